The van der Waals surface area contributed by atoms with Crippen molar-refractivity contribution in [3.8, 4) is 0 Å². The van der Waals surface area contributed by atoms with E-state index in [1.165, 1.54) is 13.5 Å². The molecule has 3 aliphatic carbocycles. The number of hydrogen-bond acceptors (Lipinski definition) is 6. The van der Waals surface area contributed by atoms with E-state index in [-0.39, 0.29) is 37.2 Å². The number of carbonyl (C=O) groups excluding carboxylic acids is 1. The van der Waals surface area contributed by atoms with Gasteiger partial charge in [0, 0.05) is 0 Å². The lowest BCUT2D eigenvalue weighted by molar-refractivity contribution is -0.199. The topological polar surface area (TPSA) is 120 Å². The van der Waals surface area contributed by atoms with Crippen molar-refractivity contribution in [2.24, 2.45) is 28.9 Å². The first kappa shape index (κ1) is 28.4. The van der Waals surface area contributed by atoms with E-state index in [1.807, 2.05) is 13.8 Å². The van der Waals surface area contributed by atoms with Gasteiger partial charge >= 0.3 is 7.12 Å². The van der Waals surface area contributed by atoms with Gasteiger partial charge in [-0.05, 0) is 56.4 Å². The highest BCUT2D eigenvalue weighted by molar-refractivity contribution is 7.88. The number of amides is 1. The van der Waals surface area contributed by atoms with Crippen LogP contribution in [0, 0.1) is 23.2 Å². The van der Waals surface area contributed by atoms with Crippen LogP contribution in [0.4, 0.5) is 0 Å². The number of hydrogen-bond donors (Lipinski definition) is 3. The molecule has 1 saturated heterocycles. The van der Waals surface area contributed by atoms with Crippen molar-refractivity contribution in [1.82, 2.24) is 10.0 Å². The summed E-state index contributed by atoms with van der Waals surface area (Å²) in [7, 11) is -1.90. The Morgan fingerprint density at radius 2 is 1.77 bits per heavy atom. The Kier molecular flexibility index (Phi) is 10.0. The Labute approximate surface area is 190 Å². The minimum absolute atomic E-state index is 0.000256. The molecule has 10 heteroatoms. The minimum Gasteiger partial charge on any atom is -0.404 e. The molecule has 4 rings (SSSR count). The summed E-state index contributed by atoms with van der Waals surface area (Å²) in [5, 5.41) is 3.00. The van der Waals surface area contributed by atoms with E-state index in [4.69, 9.17) is 15.0 Å². The number of sulfonamides is 1. The first-order valence-corrected chi connectivity index (χ1v) is 13.3. The maximum Gasteiger partial charge on any atom is 0.481 e. The summed E-state index contributed by atoms with van der Waals surface area (Å²) in [5.41, 5.74) is 5.56. The third kappa shape index (κ3) is 6.66. The molecule has 1 aliphatic heterocycles. The van der Waals surface area contributed by atoms with Gasteiger partial charge in [0.1, 0.15) is 0 Å². The maximum atomic E-state index is 11.8. The third-order valence-corrected chi connectivity index (χ3v) is 7.67. The first-order valence-electron chi connectivity index (χ1n) is 11.5. The molecular weight excluding hydrogens is 417 g/mol. The van der Waals surface area contributed by atoms with Gasteiger partial charge < -0.3 is 20.4 Å². The number of nitrogens with two attached hydrogens (primary N) is 1. The van der Waals surface area contributed by atoms with E-state index >= 15 is 0 Å². The molecule has 0 aromatic heterocycles. The molecule has 2 bridgehead atoms. The van der Waals surface area contributed by atoms with Gasteiger partial charge in [0.15, 0.2) is 0 Å². The lowest BCUT2D eigenvalue weighted by Gasteiger charge is -2.64. The lowest BCUT2D eigenvalue weighted by atomic mass is 9.43. The lowest BCUT2D eigenvalue weighted by Crippen LogP contribution is -2.65. The molecule has 31 heavy (non-hydrogen) atoms. The van der Waals surface area contributed by atoms with E-state index < -0.39 is 10.0 Å². The Morgan fingerprint density at radius 1 is 1.23 bits per heavy atom. The zero-order valence-electron chi connectivity index (χ0n) is 20.8. The van der Waals surface area contributed by atoms with Crippen LogP contribution in [0.2, 0.25) is 0 Å². The molecule has 4 unspecified atom stereocenters. The SMILES string of the molecule is CC.CC(C)CC(NC(=O)CN)B1OC2CC3CC(C3(C)C)[C@]2(C)O1.CNS(C)(=O)=O. The summed E-state index contributed by atoms with van der Waals surface area (Å²) >= 11 is 0. The molecule has 182 valence electrons. The van der Waals surface area contributed by atoms with E-state index in [0.717, 1.165) is 25.0 Å². The highest BCUT2D eigenvalue weighted by Crippen LogP contribution is 2.65. The largest absolute Gasteiger partial charge is 0.481 e. The van der Waals surface area contributed by atoms with Crippen molar-refractivity contribution < 1.29 is 22.5 Å². The van der Waals surface area contributed by atoms with Gasteiger partial charge in [-0.25, -0.2) is 13.1 Å². The Bertz CT molecular complexity index is 703. The van der Waals surface area contributed by atoms with Crippen LogP contribution in [0.15, 0.2) is 0 Å². The summed E-state index contributed by atoms with van der Waals surface area (Å²) in [6.07, 6.45) is 4.38. The quantitative estimate of drug-likeness (QED) is 0.520. The summed E-state index contributed by atoms with van der Waals surface area (Å²) in [5.74, 6) is 1.44. The predicted molar refractivity (Wildman–Crippen MR) is 126 cm³/mol. The van der Waals surface area contributed by atoms with Gasteiger partial charge in [-0.15, -0.1) is 0 Å². The van der Waals surface area contributed by atoms with Gasteiger partial charge in [-0.1, -0.05) is 41.5 Å². The minimum atomic E-state index is -2.91. The standard InChI is InChI=1S/C17H31BN2O3.C2H7NO2S.C2H6/c1-10(2)6-14(20-15(21)9-19)18-22-13-8-11-7-12(16(11,3)4)17(13,5)23-18;1-3-6(2,4)5;1-2/h10-14H,6-9,19H2,1-5H3,(H,20,21);3H,1-2H3;1-2H3/t11?,12?,13?,14?,17-;;/m0../s1. The molecule has 3 saturated carbocycles. The Hall–Kier alpha value is -0.675. The molecule has 0 spiro atoms. The second kappa shape index (κ2) is 11.0. The number of carbonyl (C=O) groups is 1. The van der Waals surface area contributed by atoms with Crippen LogP contribution in [0.3, 0.4) is 0 Å². The van der Waals surface area contributed by atoms with Crippen molar-refractivity contribution in [3.05, 3.63) is 0 Å². The fourth-order valence-corrected chi connectivity index (χ4v) is 5.08. The van der Waals surface area contributed by atoms with Crippen molar-refractivity contribution in [2.75, 3.05) is 19.8 Å². The molecule has 0 aromatic rings. The second-order valence-electron chi connectivity index (χ2n) is 9.82. The van der Waals surface area contributed by atoms with Crippen LogP contribution >= 0.6 is 0 Å². The molecule has 5 atom stereocenters. The van der Waals surface area contributed by atoms with E-state index in [0.29, 0.717) is 17.3 Å². The van der Waals surface area contributed by atoms with Crippen LogP contribution in [0.1, 0.15) is 67.7 Å². The maximum absolute atomic E-state index is 11.8. The molecule has 4 N–H and O–H groups in total. The Balaban J connectivity index is 0.000000521. The zero-order valence-corrected chi connectivity index (χ0v) is 21.6. The van der Waals surface area contributed by atoms with Gasteiger partial charge in [0.2, 0.25) is 15.9 Å². The van der Waals surface area contributed by atoms with E-state index in [9.17, 15) is 13.2 Å². The average Bonchev–Trinajstić information content (AvgIpc) is 3.05. The smallest absolute Gasteiger partial charge is 0.404 e. The van der Waals surface area contributed by atoms with Gasteiger partial charge in [0.25, 0.3) is 0 Å². The van der Waals surface area contributed by atoms with Crippen molar-refractivity contribution in [1.29, 1.82) is 0 Å². The molecule has 1 amide bonds. The van der Waals surface area contributed by atoms with Crippen LogP contribution in [0.25, 0.3) is 0 Å². The van der Waals surface area contributed by atoms with Gasteiger partial charge in [-0.3, -0.25) is 4.79 Å². The monoisotopic (exact) mass is 461 g/mol. The van der Waals surface area contributed by atoms with E-state index in [1.54, 1.807) is 0 Å². The van der Waals surface area contributed by atoms with Crippen LogP contribution in [-0.4, -0.2) is 58.9 Å². The fourth-order valence-electron chi connectivity index (χ4n) is 5.08. The Morgan fingerprint density at radius 3 is 2.19 bits per heavy atom. The summed E-state index contributed by atoms with van der Waals surface area (Å²) in [6.45, 7) is 15.2. The molecule has 0 aromatic carbocycles. The highest BCUT2D eigenvalue weighted by Gasteiger charge is 2.68. The molecule has 8 nitrogen and oxygen atoms in total. The molecule has 0 radical (unpaired) electrons. The average molecular weight is 461 g/mol. The number of rotatable bonds is 6. The van der Waals surface area contributed by atoms with E-state index in [2.05, 4.69) is 44.7 Å². The molecule has 4 aliphatic rings. The predicted octanol–water partition coefficient (Wildman–Crippen LogP) is 1.94. The van der Waals surface area contributed by atoms with Crippen molar-refractivity contribution in [3.63, 3.8) is 0 Å². The highest BCUT2D eigenvalue weighted by atomic mass is 32.2. The van der Waals surface area contributed by atoms with Crippen molar-refractivity contribution in [2.45, 2.75) is 85.4 Å². The summed E-state index contributed by atoms with van der Waals surface area (Å²) < 4.78 is 34.6. The molecular formula is C21H44BN3O5S. The fraction of sp³-hybridized carbons (Fsp3) is 0.952. The summed E-state index contributed by atoms with van der Waals surface area (Å²) in [4.78, 5) is 11.8. The van der Waals surface area contributed by atoms with Gasteiger partial charge in [0.05, 0.1) is 30.4 Å². The van der Waals surface area contributed by atoms with Crippen LogP contribution < -0.4 is 15.8 Å². The number of nitrogens with one attached hydrogen (secondary N) is 2. The van der Waals surface area contributed by atoms with Crippen molar-refractivity contribution >= 4 is 23.0 Å². The normalized spacial score (nSPS) is 31.3. The molecule has 4 fully saturated rings. The third-order valence-electron chi connectivity index (χ3n) is 6.93. The summed E-state index contributed by atoms with van der Waals surface area (Å²) in [6, 6.07) is 0. The second-order valence-corrected chi connectivity index (χ2v) is 11.8. The van der Waals surface area contributed by atoms with Crippen LogP contribution in [-0.2, 0) is 24.1 Å². The first-order chi connectivity index (χ1) is 14.2. The van der Waals surface area contributed by atoms with Gasteiger partial charge in [-0.2, -0.15) is 0 Å². The zero-order chi connectivity index (χ0) is 24.2. The van der Waals surface area contributed by atoms with Crippen LogP contribution in [0.5, 0.6) is 0 Å². The molecule has 1 heterocycles.